The van der Waals surface area contributed by atoms with Crippen LogP contribution < -0.4 is 4.57 Å². The highest BCUT2D eigenvalue weighted by Crippen LogP contribution is 2.35. The van der Waals surface area contributed by atoms with Crippen LogP contribution in [0.15, 0.2) is 17.1 Å². The van der Waals surface area contributed by atoms with E-state index in [1.54, 1.807) is 14.0 Å². The van der Waals surface area contributed by atoms with E-state index in [2.05, 4.69) is 16.1 Å². The Bertz CT molecular complexity index is 774. The average Bonchev–Trinajstić information content (AvgIpc) is 2.98. The lowest BCUT2D eigenvalue weighted by atomic mass is 10.1. The molecule has 3 amide bonds. The number of hydrogen-bond donors (Lipinski definition) is 0. The molecule has 0 spiro atoms. The number of hydrogen-bond acceptors (Lipinski definition) is 3. The van der Waals surface area contributed by atoms with Gasteiger partial charge in [-0.25, -0.2) is 13.9 Å². The molecule has 0 saturated carbocycles. The van der Waals surface area contributed by atoms with Crippen molar-refractivity contribution < 1.29 is 14.2 Å². The molecule has 1 fully saturated rings. The lowest BCUT2D eigenvalue weighted by Gasteiger charge is -2.33. The van der Waals surface area contributed by atoms with Crippen molar-refractivity contribution >= 4 is 23.7 Å². The molecule has 0 radical (unpaired) electrons. The smallest absolute Gasteiger partial charge is 0.270 e. The first-order chi connectivity index (χ1) is 10.8. The van der Waals surface area contributed by atoms with Gasteiger partial charge in [0, 0.05) is 7.05 Å². The van der Waals surface area contributed by atoms with E-state index in [-0.39, 0.29) is 18.5 Å². The van der Waals surface area contributed by atoms with Crippen LogP contribution in [0.2, 0.25) is 0 Å². The summed E-state index contributed by atoms with van der Waals surface area (Å²) in [7, 11) is 1.66. The number of carbonyl (C=O) groups is 2. The Morgan fingerprint density at radius 1 is 1.35 bits per heavy atom. The molecule has 1 saturated heterocycles. The minimum absolute atomic E-state index is 0.230. The predicted molar refractivity (Wildman–Crippen MR) is 85.6 cm³/mol. The van der Waals surface area contributed by atoms with Crippen LogP contribution >= 0.6 is 0 Å². The first-order valence-electron chi connectivity index (χ1n) is 7.72. The lowest BCUT2D eigenvalue weighted by molar-refractivity contribution is -0.685. The summed E-state index contributed by atoms with van der Waals surface area (Å²) in [4.78, 5) is 32.8. The van der Waals surface area contributed by atoms with Gasteiger partial charge in [0.05, 0.1) is 13.1 Å². The Balaban J connectivity index is 2.15. The second-order valence-electron chi connectivity index (χ2n) is 6.18. The molecule has 0 aromatic carbocycles. The molecule has 0 aliphatic carbocycles. The summed E-state index contributed by atoms with van der Waals surface area (Å²) in [6.45, 7) is 12.7. The molecule has 0 N–H and O–H groups in total. The Kier molecular flexibility index (Phi) is 3.39. The molecular weight excluding hydrogens is 294 g/mol. The fourth-order valence-electron chi connectivity index (χ4n) is 3.30. The SMILES string of the molecule is C=C(C)CN1C(=O)C2C(=Nc3n2c(C)c(C)[n+]3CC)N(C)C1=O. The van der Waals surface area contributed by atoms with Gasteiger partial charge in [-0.15, -0.1) is 0 Å². The number of likely N-dealkylation sites (N-methyl/N-ethyl adjacent to an activating group) is 1. The molecule has 2 aliphatic rings. The van der Waals surface area contributed by atoms with Crippen molar-refractivity contribution in [3.8, 4) is 0 Å². The fourth-order valence-corrected chi connectivity index (χ4v) is 3.30. The van der Waals surface area contributed by atoms with Gasteiger partial charge in [-0.05, 0) is 27.7 Å². The van der Waals surface area contributed by atoms with Gasteiger partial charge in [0.15, 0.2) is 0 Å². The predicted octanol–water partition coefficient (Wildman–Crippen LogP) is 1.47. The van der Waals surface area contributed by atoms with E-state index >= 15 is 0 Å². The third kappa shape index (κ3) is 1.95. The summed E-state index contributed by atoms with van der Waals surface area (Å²) in [5.74, 6) is 0.987. The van der Waals surface area contributed by atoms with Crippen LogP contribution in [0.4, 0.5) is 10.7 Å². The van der Waals surface area contributed by atoms with E-state index in [1.165, 1.54) is 9.80 Å². The molecule has 1 aromatic heterocycles. The van der Waals surface area contributed by atoms with E-state index < -0.39 is 6.04 Å². The minimum atomic E-state index is -0.571. The molecular formula is C16H22N5O2+. The number of urea groups is 1. The van der Waals surface area contributed by atoms with Crippen LogP contribution in [0.25, 0.3) is 0 Å². The van der Waals surface area contributed by atoms with Crippen LogP contribution in [-0.4, -0.2) is 45.7 Å². The summed E-state index contributed by atoms with van der Waals surface area (Å²) in [5, 5.41) is 0. The van der Waals surface area contributed by atoms with Gasteiger partial charge in [-0.3, -0.25) is 14.6 Å². The zero-order valence-corrected chi connectivity index (χ0v) is 14.3. The van der Waals surface area contributed by atoms with Crippen LogP contribution in [0.5, 0.6) is 0 Å². The molecule has 7 heteroatoms. The second-order valence-corrected chi connectivity index (χ2v) is 6.18. The zero-order valence-electron chi connectivity index (χ0n) is 14.3. The van der Waals surface area contributed by atoms with E-state index in [0.29, 0.717) is 5.84 Å². The molecule has 3 heterocycles. The summed E-state index contributed by atoms with van der Waals surface area (Å²) in [6.07, 6.45) is 0. The van der Waals surface area contributed by atoms with Crippen LogP contribution in [-0.2, 0) is 11.3 Å². The van der Waals surface area contributed by atoms with Gasteiger partial charge in [0.2, 0.25) is 11.9 Å². The van der Waals surface area contributed by atoms with Gasteiger partial charge in [-0.1, -0.05) is 17.1 Å². The molecule has 1 unspecified atom stereocenters. The molecule has 2 aliphatic heterocycles. The third-order valence-electron chi connectivity index (χ3n) is 4.57. The van der Waals surface area contributed by atoms with Gasteiger partial charge in [-0.2, -0.15) is 0 Å². The quantitative estimate of drug-likeness (QED) is 0.626. The molecule has 23 heavy (non-hydrogen) atoms. The highest BCUT2D eigenvalue weighted by molar-refractivity contribution is 6.20. The normalized spacial score (nSPS) is 19.9. The molecule has 3 rings (SSSR count). The van der Waals surface area contributed by atoms with Crippen molar-refractivity contribution in [1.82, 2.24) is 14.4 Å². The number of aliphatic imine (C=N–C) groups is 1. The largest absolute Gasteiger partial charge is 0.402 e. The van der Waals surface area contributed by atoms with Crippen LogP contribution in [0.1, 0.15) is 31.3 Å². The van der Waals surface area contributed by atoms with Crippen molar-refractivity contribution in [1.29, 1.82) is 0 Å². The van der Waals surface area contributed by atoms with Gasteiger partial charge in [0.25, 0.3) is 5.91 Å². The summed E-state index contributed by atoms with van der Waals surface area (Å²) < 4.78 is 4.00. The first-order valence-corrected chi connectivity index (χ1v) is 7.72. The minimum Gasteiger partial charge on any atom is -0.270 e. The molecule has 122 valence electrons. The monoisotopic (exact) mass is 316 g/mol. The zero-order chi connectivity index (χ0) is 17.0. The van der Waals surface area contributed by atoms with Gasteiger partial charge in [0.1, 0.15) is 11.4 Å². The summed E-state index contributed by atoms with van der Waals surface area (Å²) in [6, 6.07) is -0.922. The Morgan fingerprint density at radius 2 is 2.00 bits per heavy atom. The molecule has 0 bridgehead atoms. The molecule has 1 atom stereocenters. The number of aromatic nitrogens is 2. The first kappa shape index (κ1) is 15.5. The topological polar surface area (TPSA) is 61.8 Å². The number of rotatable bonds is 3. The van der Waals surface area contributed by atoms with Crippen molar-refractivity contribution in [3.63, 3.8) is 0 Å². The summed E-state index contributed by atoms with van der Waals surface area (Å²) >= 11 is 0. The molecule has 1 aromatic rings. The van der Waals surface area contributed by atoms with E-state index in [9.17, 15) is 9.59 Å². The number of nitrogens with zero attached hydrogens (tertiary/aromatic N) is 5. The second kappa shape index (κ2) is 5.04. The lowest BCUT2D eigenvalue weighted by Crippen LogP contribution is -2.58. The van der Waals surface area contributed by atoms with Crippen LogP contribution in [0.3, 0.4) is 0 Å². The van der Waals surface area contributed by atoms with Crippen LogP contribution in [0, 0.1) is 13.8 Å². The standard InChI is InChI=1S/C16H22N5O2/c1-7-19-10(4)11(5)21-12-13(17-15(19)21)18(6)16(23)20(14(12)22)8-9(2)3/h12H,2,7-8H2,1,3-6H3/q+1. The van der Waals surface area contributed by atoms with E-state index in [0.717, 1.165) is 29.5 Å². The maximum atomic E-state index is 12.9. The van der Waals surface area contributed by atoms with Crippen molar-refractivity contribution in [2.75, 3.05) is 13.6 Å². The van der Waals surface area contributed by atoms with Crippen molar-refractivity contribution in [2.45, 2.75) is 40.3 Å². The number of imide groups is 1. The Morgan fingerprint density at radius 3 is 2.57 bits per heavy atom. The maximum absolute atomic E-state index is 12.9. The number of amidine groups is 1. The van der Waals surface area contributed by atoms with Crippen molar-refractivity contribution in [3.05, 3.63) is 23.5 Å². The average molecular weight is 316 g/mol. The Labute approximate surface area is 135 Å². The number of amides is 3. The maximum Gasteiger partial charge on any atom is 0.402 e. The van der Waals surface area contributed by atoms with Gasteiger partial charge >= 0.3 is 12.0 Å². The highest BCUT2D eigenvalue weighted by Gasteiger charge is 2.53. The molecule has 7 nitrogen and oxygen atoms in total. The highest BCUT2D eigenvalue weighted by atomic mass is 16.2. The van der Waals surface area contributed by atoms with Gasteiger partial charge < -0.3 is 0 Å². The Hall–Kier alpha value is -2.44. The number of fused-ring (bicyclic) bond motifs is 3. The summed E-state index contributed by atoms with van der Waals surface area (Å²) in [5.41, 5.74) is 2.85. The van der Waals surface area contributed by atoms with E-state index in [4.69, 9.17) is 0 Å². The van der Waals surface area contributed by atoms with Crippen molar-refractivity contribution in [2.24, 2.45) is 4.99 Å². The third-order valence-corrected chi connectivity index (χ3v) is 4.57. The number of carbonyl (C=O) groups excluding carboxylic acids is 2. The van der Waals surface area contributed by atoms with E-state index in [1.807, 2.05) is 25.3 Å². The number of imidazole rings is 1. The fraction of sp³-hybridized carbons (Fsp3) is 0.500.